The molecule has 1 atom stereocenters. The predicted molar refractivity (Wildman–Crippen MR) is 71.0 cm³/mol. The Kier molecular flexibility index (Phi) is 6.01. The second kappa shape index (κ2) is 7.30. The number of hydrogen-bond acceptors (Lipinski definition) is 2. The summed E-state index contributed by atoms with van der Waals surface area (Å²) in [6.07, 6.45) is 2.28. The molecule has 0 aliphatic rings. The number of benzene rings is 1. The molecule has 0 fully saturated rings. The monoisotopic (exact) mass is 254 g/mol. The number of halogens is 1. The Morgan fingerprint density at radius 3 is 2.88 bits per heavy atom. The van der Waals surface area contributed by atoms with Gasteiger partial charge in [0.25, 0.3) is 0 Å². The highest BCUT2D eigenvalue weighted by Crippen LogP contribution is 2.11. The number of nitrogens with one attached hydrogen (secondary N) is 1. The molecule has 0 aliphatic heterocycles. The Morgan fingerprint density at radius 2 is 2.29 bits per heavy atom. The van der Waals surface area contributed by atoms with E-state index in [1.807, 2.05) is 12.1 Å². The largest absolute Gasteiger partial charge is 0.352 e. The van der Waals surface area contributed by atoms with E-state index in [2.05, 4.69) is 12.2 Å². The van der Waals surface area contributed by atoms with Crippen LogP contribution >= 0.6 is 11.6 Å². The van der Waals surface area contributed by atoms with Crippen LogP contribution in [-0.2, 0) is 11.2 Å². The van der Waals surface area contributed by atoms with Crippen molar-refractivity contribution in [2.45, 2.75) is 32.2 Å². The third kappa shape index (κ3) is 5.20. The molecule has 3 nitrogen and oxygen atoms in total. The minimum atomic E-state index is -0.00355. The zero-order chi connectivity index (χ0) is 12.7. The van der Waals surface area contributed by atoms with Gasteiger partial charge in [-0.25, -0.2) is 0 Å². The molecule has 1 amide bonds. The molecule has 0 aromatic heterocycles. The van der Waals surface area contributed by atoms with Crippen LogP contribution in [0.3, 0.4) is 0 Å². The van der Waals surface area contributed by atoms with Gasteiger partial charge in [0.05, 0.1) is 6.42 Å². The van der Waals surface area contributed by atoms with Crippen molar-refractivity contribution in [2.75, 3.05) is 6.54 Å². The normalized spacial score (nSPS) is 12.2. The van der Waals surface area contributed by atoms with E-state index in [1.165, 1.54) is 0 Å². The molecule has 3 N–H and O–H groups in total. The molecule has 0 spiro atoms. The first-order valence-corrected chi connectivity index (χ1v) is 6.27. The van der Waals surface area contributed by atoms with Gasteiger partial charge in [-0.15, -0.1) is 0 Å². The maximum absolute atomic E-state index is 11.8. The summed E-state index contributed by atoms with van der Waals surface area (Å²) in [6, 6.07) is 7.41. The number of hydrogen-bond donors (Lipinski definition) is 2. The average molecular weight is 255 g/mol. The van der Waals surface area contributed by atoms with E-state index in [1.54, 1.807) is 12.1 Å². The Bertz CT molecular complexity index is 368. The van der Waals surface area contributed by atoms with E-state index < -0.39 is 0 Å². The third-order valence-electron chi connectivity index (χ3n) is 2.54. The predicted octanol–water partition coefficient (Wildman–Crippen LogP) is 2.13. The molecule has 0 saturated heterocycles. The van der Waals surface area contributed by atoms with Crippen molar-refractivity contribution >= 4 is 17.5 Å². The van der Waals surface area contributed by atoms with Crippen LogP contribution in [0.1, 0.15) is 25.3 Å². The summed E-state index contributed by atoms with van der Waals surface area (Å²) >= 11 is 5.86. The molecule has 94 valence electrons. The van der Waals surface area contributed by atoms with Crippen molar-refractivity contribution in [3.8, 4) is 0 Å². The summed E-state index contributed by atoms with van der Waals surface area (Å²) in [5.74, 6) is -0.00355. The first-order valence-electron chi connectivity index (χ1n) is 5.89. The summed E-state index contributed by atoms with van der Waals surface area (Å²) in [4.78, 5) is 11.8. The van der Waals surface area contributed by atoms with E-state index in [9.17, 15) is 4.79 Å². The van der Waals surface area contributed by atoms with Gasteiger partial charge in [-0.3, -0.25) is 4.79 Å². The quantitative estimate of drug-likeness (QED) is 0.817. The zero-order valence-corrected chi connectivity index (χ0v) is 10.8. The van der Waals surface area contributed by atoms with Crippen LogP contribution in [0.2, 0.25) is 5.02 Å². The molecule has 0 bridgehead atoms. The highest BCUT2D eigenvalue weighted by Gasteiger charge is 2.10. The van der Waals surface area contributed by atoms with Gasteiger partial charge in [-0.05, 0) is 24.1 Å². The molecule has 0 saturated carbocycles. The Morgan fingerprint density at radius 1 is 1.53 bits per heavy atom. The van der Waals surface area contributed by atoms with Crippen LogP contribution in [0.4, 0.5) is 0 Å². The van der Waals surface area contributed by atoms with Gasteiger partial charge in [-0.1, -0.05) is 37.1 Å². The van der Waals surface area contributed by atoms with Crippen molar-refractivity contribution in [3.63, 3.8) is 0 Å². The van der Waals surface area contributed by atoms with Crippen LogP contribution in [0.15, 0.2) is 24.3 Å². The number of amides is 1. The van der Waals surface area contributed by atoms with Crippen LogP contribution in [-0.4, -0.2) is 18.5 Å². The summed E-state index contributed by atoms with van der Waals surface area (Å²) < 4.78 is 0. The first kappa shape index (κ1) is 14.0. The Balaban J connectivity index is 2.49. The lowest BCUT2D eigenvalue weighted by Gasteiger charge is -2.15. The minimum absolute atomic E-state index is 0.00355. The van der Waals surface area contributed by atoms with E-state index in [0.717, 1.165) is 18.4 Å². The number of carbonyl (C=O) groups is 1. The lowest BCUT2D eigenvalue weighted by atomic mass is 10.1. The molecule has 0 heterocycles. The fourth-order valence-electron chi connectivity index (χ4n) is 1.71. The molecule has 1 rings (SSSR count). The van der Waals surface area contributed by atoms with Gasteiger partial charge in [0.15, 0.2) is 0 Å². The summed E-state index contributed by atoms with van der Waals surface area (Å²) in [5, 5.41) is 3.58. The summed E-state index contributed by atoms with van der Waals surface area (Å²) in [7, 11) is 0. The summed E-state index contributed by atoms with van der Waals surface area (Å²) in [6.45, 7) is 2.56. The van der Waals surface area contributed by atoms with E-state index >= 15 is 0 Å². The standard InChI is InChI=1S/C13H19ClN2O/c1-2-4-12(9-15)16-13(17)8-10-5-3-6-11(14)7-10/h3,5-7,12H,2,4,8-9,15H2,1H3,(H,16,17). The highest BCUT2D eigenvalue weighted by molar-refractivity contribution is 6.30. The van der Waals surface area contributed by atoms with Crippen LogP contribution < -0.4 is 11.1 Å². The van der Waals surface area contributed by atoms with Gasteiger partial charge < -0.3 is 11.1 Å². The lowest BCUT2D eigenvalue weighted by Crippen LogP contribution is -2.40. The van der Waals surface area contributed by atoms with Crippen molar-refractivity contribution in [2.24, 2.45) is 5.73 Å². The molecule has 0 aliphatic carbocycles. The smallest absolute Gasteiger partial charge is 0.224 e. The molecular weight excluding hydrogens is 236 g/mol. The first-order chi connectivity index (χ1) is 8.15. The third-order valence-corrected chi connectivity index (χ3v) is 2.78. The maximum Gasteiger partial charge on any atom is 0.224 e. The Hall–Kier alpha value is -1.06. The van der Waals surface area contributed by atoms with E-state index in [4.69, 9.17) is 17.3 Å². The highest BCUT2D eigenvalue weighted by atomic mass is 35.5. The Labute approximate surface area is 107 Å². The van der Waals surface area contributed by atoms with Crippen LogP contribution in [0.25, 0.3) is 0 Å². The van der Waals surface area contributed by atoms with Gasteiger partial charge in [0.1, 0.15) is 0 Å². The molecule has 17 heavy (non-hydrogen) atoms. The van der Waals surface area contributed by atoms with Crippen molar-refractivity contribution in [1.82, 2.24) is 5.32 Å². The van der Waals surface area contributed by atoms with Crippen LogP contribution in [0, 0.1) is 0 Å². The van der Waals surface area contributed by atoms with E-state index in [0.29, 0.717) is 18.0 Å². The lowest BCUT2D eigenvalue weighted by molar-refractivity contribution is -0.121. The topological polar surface area (TPSA) is 55.1 Å². The van der Waals surface area contributed by atoms with Gasteiger partial charge >= 0.3 is 0 Å². The van der Waals surface area contributed by atoms with Crippen molar-refractivity contribution < 1.29 is 4.79 Å². The molecule has 0 radical (unpaired) electrons. The fraction of sp³-hybridized carbons (Fsp3) is 0.462. The molecule has 1 unspecified atom stereocenters. The average Bonchev–Trinajstić information content (AvgIpc) is 2.28. The zero-order valence-electron chi connectivity index (χ0n) is 10.1. The fourth-order valence-corrected chi connectivity index (χ4v) is 1.92. The molecular formula is C13H19ClN2O. The van der Waals surface area contributed by atoms with E-state index in [-0.39, 0.29) is 11.9 Å². The number of carbonyl (C=O) groups excluding carboxylic acids is 1. The van der Waals surface area contributed by atoms with Crippen LogP contribution in [0.5, 0.6) is 0 Å². The second-order valence-corrected chi connectivity index (χ2v) is 4.53. The van der Waals surface area contributed by atoms with Crippen molar-refractivity contribution in [1.29, 1.82) is 0 Å². The van der Waals surface area contributed by atoms with Gasteiger partial charge in [-0.2, -0.15) is 0 Å². The maximum atomic E-state index is 11.8. The van der Waals surface area contributed by atoms with Gasteiger partial charge in [0.2, 0.25) is 5.91 Å². The molecule has 1 aromatic rings. The summed E-state index contributed by atoms with van der Waals surface area (Å²) in [5.41, 5.74) is 6.51. The van der Waals surface area contributed by atoms with Gasteiger partial charge in [0, 0.05) is 17.6 Å². The number of rotatable bonds is 6. The SMILES string of the molecule is CCCC(CN)NC(=O)Cc1cccc(Cl)c1. The molecule has 4 heteroatoms. The second-order valence-electron chi connectivity index (χ2n) is 4.10. The van der Waals surface area contributed by atoms with Crippen molar-refractivity contribution in [3.05, 3.63) is 34.9 Å². The minimum Gasteiger partial charge on any atom is -0.352 e. The molecule has 1 aromatic carbocycles. The number of nitrogens with two attached hydrogens (primary N) is 1.